The quantitative estimate of drug-likeness (QED) is 0.447. The van der Waals surface area contributed by atoms with Crippen LogP contribution < -0.4 is 0 Å². The van der Waals surface area contributed by atoms with Gasteiger partial charge in [-0.05, 0) is 0 Å². The Kier molecular flexibility index (Phi) is 4.05. The molecule has 0 aromatic heterocycles. The minimum absolute atomic E-state index is 0.770. The molecule has 0 amide bonds. The summed E-state index contributed by atoms with van der Waals surface area (Å²) in [7, 11) is 0. The van der Waals surface area contributed by atoms with Crippen LogP contribution in [0.4, 0.5) is 0 Å². The van der Waals surface area contributed by atoms with Crippen LogP contribution in [0.5, 0.6) is 0 Å². The molecule has 0 aromatic carbocycles. The molecule has 0 nitrogen and oxygen atoms in total. The zero-order valence-electron chi connectivity index (χ0n) is 8.99. The molecule has 17 heavy (non-hydrogen) atoms. The Labute approximate surface area is 136 Å². The van der Waals surface area contributed by atoms with E-state index in [1.165, 1.54) is 30.8 Å². The van der Waals surface area contributed by atoms with E-state index in [-0.39, 0.29) is 0 Å². The Hall–Kier alpha value is 2.00. The summed E-state index contributed by atoms with van der Waals surface area (Å²) < 4.78 is 11.5. The van der Waals surface area contributed by atoms with Gasteiger partial charge in [0.2, 0.25) is 0 Å². The number of hydrogen-bond donors (Lipinski definition) is 0. The van der Waals surface area contributed by atoms with E-state index in [1.54, 1.807) is 0 Å². The predicted octanol–water partition coefficient (Wildman–Crippen LogP) is 1.96. The van der Waals surface area contributed by atoms with E-state index in [2.05, 4.69) is 23.5 Å². The van der Waals surface area contributed by atoms with E-state index < -0.39 is 0 Å². The van der Waals surface area contributed by atoms with E-state index in [4.69, 9.17) is 0 Å². The molecule has 3 aliphatic heterocycles. The van der Waals surface area contributed by atoms with E-state index in [0.717, 1.165) is 59.8 Å². The SMILES string of the molecule is C1CC2=C(C1)[Se]C(=C1[Se]C3=C(SCCS3)[Se]1)[Se]2. The van der Waals surface area contributed by atoms with Crippen LogP contribution in [0.25, 0.3) is 0 Å². The fraction of sp³-hybridized carbons (Fsp3) is 0.455. The zero-order chi connectivity index (χ0) is 11.2. The van der Waals surface area contributed by atoms with Crippen molar-refractivity contribution in [1.82, 2.24) is 0 Å². The summed E-state index contributed by atoms with van der Waals surface area (Å²) in [4.78, 5) is 0. The summed E-state index contributed by atoms with van der Waals surface area (Å²) in [6.07, 6.45) is 4.41. The van der Waals surface area contributed by atoms with Crippen molar-refractivity contribution < 1.29 is 0 Å². The van der Waals surface area contributed by atoms with Crippen molar-refractivity contribution in [3.05, 3.63) is 23.3 Å². The molecule has 90 valence electrons. The molecule has 6 heteroatoms. The van der Waals surface area contributed by atoms with Gasteiger partial charge in [-0.2, -0.15) is 0 Å². The molecule has 1 aliphatic carbocycles. The summed E-state index contributed by atoms with van der Waals surface area (Å²) in [6, 6.07) is 0. The summed E-state index contributed by atoms with van der Waals surface area (Å²) >= 11 is 7.54. The monoisotopic (exact) mass is 526 g/mol. The van der Waals surface area contributed by atoms with Crippen molar-refractivity contribution in [3.8, 4) is 0 Å². The molecule has 0 atom stereocenters. The van der Waals surface area contributed by atoms with E-state index in [1.807, 2.05) is 23.3 Å². The number of allylic oxidation sites excluding steroid dienone is 2. The zero-order valence-corrected chi connectivity index (χ0v) is 17.5. The third-order valence-electron chi connectivity index (χ3n) is 2.80. The Morgan fingerprint density at radius 1 is 0.706 bits per heavy atom. The van der Waals surface area contributed by atoms with Crippen LogP contribution in [0.1, 0.15) is 19.3 Å². The van der Waals surface area contributed by atoms with Gasteiger partial charge in [0.1, 0.15) is 0 Å². The predicted molar refractivity (Wildman–Crippen MR) is 82.9 cm³/mol. The van der Waals surface area contributed by atoms with Crippen molar-refractivity contribution >= 4 is 83.4 Å². The molecule has 0 saturated heterocycles. The molecule has 4 rings (SSSR count). The first-order chi connectivity index (χ1) is 8.40. The normalized spacial score (nSPS) is 28.2. The average Bonchev–Trinajstić information content (AvgIpc) is 3.01. The summed E-state index contributed by atoms with van der Waals surface area (Å²) in [5.74, 6) is 2.74. The summed E-state index contributed by atoms with van der Waals surface area (Å²) in [5, 5.41) is 0. The van der Waals surface area contributed by atoms with Crippen LogP contribution in [0.3, 0.4) is 0 Å². The molecule has 0 spiro atoms. The van der Waals surface area contributed by atoms with Gasteiger partial charge < -0.3 is 0 Å². The Morgan fingerprint density at radius 3 is 1.82 bits per heavy atom. The topological polar surface area (TPSA) is 0 Å². The van der Waals surface area contributed by atoms with Crippen LogP contribution >= 0.6 is 23.5 Å². The molecular weight excluding hydrogens is 512 g/mol. The van der Waals surface area contributed by atoms with Gasteiger partial charge in [0.25, 0.3) is 0 Å². The molecule has 3 heterocycles. The molecule has 0 aromatic rings. The second-order valence-electron chi connectivity index (χ2n) is 3.95. The van der Waals surface area contributed by atoms with Crippen molar-refractivity contribution in [2.24, 2.45) is 0 Å². The average molecular weight is 522 g/mol. The van der Waals surface area contributed by atoms with Crippen molar-refractivity contribution in [2.45, 2.75) is 19.3 Å². The van der Waals surface area contributed by atoms with Gasteiger partial charge in [-0.25, -0.2) is 0 Å². The second-order valence-corrected chi connectivity index (χ2v) is 18.9. The van der Waals surface area contributed by atoms with Gasteiger partial charge in [0.05, 0.1) is 0 Å². The van der Waals surface area contributed by atoms with E-state index >= 15 is 0 Å². The van der Waals surface area contributed by atoms with Crippen molar-refractivity contribution in [3.63, 3.8) is 0 Å². The van der Waals surface area contributed by atoms with Gasteiger partial charge in [-0.1, -0.05) is 0 Å². The van der Waals surface area contributed by atoms with Crippen LogP contribution in [-0.4, -0.2) is 71.3 Å². The second kappa shape index (κ2) is 5.41. The fourth-order valence-corrected chi connectivity index (χ4v) is 24.0. The van der Waals surface area contributed by atoms with Gasteiger partial charge >= 0.3 is 137 Å². The van der Waals surface area contributed by atoms with Gasteiger partial charge in [0, 0.05) is 0 Å². The molecule has 0 fully saturated rings. The third kappa shape index (κ3) is 2.49. The first kappa shape index (κ1) is 12.7. The third-order valence-corrected chi connectivity index (χ3v) is 23.3. The Bertz CT molecular complexity index is 440. The van der Waals surface area contributed by atoms with Crippen LogP contribution in [-0.2, 0) is 0 Å². The van der Waals surface area contributed by atoms with E-state index in [9.17, 15) is 0 Å². The number of hydrogen-bond acceptors (Lipinski definition) is 2. The van der Waals surface area contributed by atoms with Crippen LogP contribution in [0.2, 0.25) is 0 Å². The first-order valence-electron chi connectivity index (χ1n) is 5.58. The van der Waals surface area contributed by atoms with Gasteiger partial charge in [0.15, 0.2) is 0 Å². The molecule has 4 aliphatic rings. The maximum absolute atomic E-state index is 2.19. The van der Waals surface area contributed by atoms with Crippen LogP contribution in [0.15, 0.2) is 23.3 Å². The Balaban J connectivity index is 1.55. The summed E-state index contributed by atoms with van der Waals surface area (Å²) in [6.45, 7) is 0. The summed E-state index contributed by atoms with van der Waals surface area (Å²) in [5.41, 5.74) is 0. The Morgan fingerprint density at radius 2 is 1.24 bits per heavy atom. The molecular formula is C11H10S2Se4. The molecule has 0 unspecified atom stereocenters. The van der Waals surface area contributed by atoms with E-state index in [0.29, 0.717) is 0 Å². The molecule has 0 radical (unpaired) electrons. The van der Waals surface area contributed by atoms with Gasteiger partial charge in [-0.3, -0.25) is 0 Å². The van der Waals surface area contributed by atoms with Crippen molar-refractivity contribution in [1.29, 1.82) is 0 Å². The molecule has 0 bridgehead atoms. The van der Waals surface area contributed by atoms with Crippen molar-refractivity contribution in [2.75, 3.05) is 11.5 Å². The minimum atomic E-state index is 0.770. The van der Waals surface area contributed by atoms with Gasteiger partial charge in [-0.15, -0.1) is 0 Å². The molecule has 0 saturated carbocycles. The fourth-order valence-electron chi connectivity index (χ4n) is 2.03. The van der Waals surface area contributed by atoms with Crippen LogP contribution in [0, 0.1) is 0 Å². The number of rotatable bonds is 0. The first-order valence-corrected chi connectivity index (χ1v) is 14.4. The standard InChI is InChI=1S/C11H10S2Se4/c1-2-6-7(3-1)15-10(14-6)11-16-8-9(17-11)13-5-4-12-8/h1-5H2. The molecule has 0 N–H and O–H groups in total. The number of thioether (sulfide) groups is 2. The maximum atomic E-state index is 2.19.